The minimum atomic E-state index is -4.69. The molecular formula is C14H10F3NO3S. The van der Waals surface area contributed by atoms with Crippen molar-refractivity contribution < 1.29 is 26.4 Å². The van der Waals surface area contributed by atoms with Crippen molar-refractivity contribution in [3.63, 3.8) is 0 Å². The van der Waals surface area contributed by atoms with E-state index >= 15 is 0 Å². The van der Waals surface area contributed by atoms with Gasteiger partial charge in [0.05, 0.1) is 4.90 Å². The Labute approximate surface area is 124 Å². The van der Waals surface area contributed by atoms with Gasteiger partial charge in [-0.25, -0.2) is 12.8 Å². The summed E-state index contributed by atoms with van der Waals surface area (Å²) in [5.74, 6) is -4.56. The number of carbonyl (C=O) groups excluding carboxylic acids is 1. The summed E-state index contributed by atoms with van der Waals surface area (Å²) in [4.78, 5) is 11.3. The van der Waals surface area contributed by atoms with Crippen LogP contribution in [0.15, 0.2) is 53.4 Å². The van der Waals surface area contributed by atoms with Gasteiger partial charge in [-0.05, 0) is 48.5 Å². The Morgan fingerprint density at radius 3 is 2.00 bits per heavy atom. The predicted octanol–water partition coefficient (Wildman–Crippen LogP) is 3.07. The molecule has 2 rings (SSSR count). The molecule has 0 aliphatic carbocycles. The van der Waals surface area contributed by atoms with Gasteiger partial charge in [0.25, 0.3) is 5.91 Å². The lowest BCUT2D eigenvalue weighted by Gasteiger charge is -2.07. The average molecular weight is 329 g/mol. The molecule has 8 heteroatoms. The summed E-state index contributed by atoms with van der Waals surface area (Å²) < 4.78 is 60.0. The van der Waals surface area contributed by atoms with E-state index in [1.807, 2.05) is 0 Å². The summed E-state index contributed by atoms with van der Waals surface area (Å²) in [7, 11) is -4.69. The Hall–Kier alpha value is -2.35. The van der Waals surface area contributed by atoms with Gasteiger partial charge in [0, 0.05) is 11.3 Å². The predicted molar refractivity (Wildman–Crippen MR) is 74.0 cm³/mol. The minimum Gasteiger partial charge on any atom is -0.322 e. The fourth-order valence-electron chi connectivity index (χ4n) is 1.64. The zero-order valence-electron chi connectivity index (χ0n) is 11.0. The first-order valence-electron chi connectivity index (χ1n) is 6.00. The number of hydrogen-bond acceptors (Lipinski definition) is 3. The molecule has 0 aliphatic heterocycles. The van der Waals surface area contributed by atoms with Crippen LogP contribution in [-0.2, 0) is 9.84 Å². The number of nitrogens with one attached hydrogen (secondary N) is 1. The van der Waals surface area contributed by atoms with Crippen molar-refractivity contribution >= 4 is 21.4 Å². The largest absolute Gasteiger partial charge is 0.341 e. The summed E-state index contributed by atoms with van der Waals surface area (Å²) in [5.41, 5.74) is 0.424. The van der Waals surface area contributed by atoms with E-state index in [0.29, 0.717) is 5.69 Å². The zero-order valence-corrected chi connectivity index (χ0v) is 11.8. The first kappa shape index (κ1) is 16.0. The molecule has 0 atom stereocenters. The van der Waals surface area contributed by atoms with Gasteiger partial charge in [-0.2, -0.15) is 8.78 Å². The van der Waals surface area contributed by atoms with Crippen LogP contribution in [0.2, 0.25) is 0 Å². The number of anilines is 1. The van der Waals surface area contributed by atoms with E-state index in [0.717, 1.165) is 36.4 Å². The maximum Gasteiger partial charge on any atom is 0.341 e. The molecule has 22 heavy (non-hydrogen) atoms. The Balaban J connectivity index is 2.16. The van der Waals surface area contributed by atoms with E-state index in [1.165, 1.54) is 12.1 Å². The van der Waals surface area contributed by atoms with Crippen LogP contribution in [0.5, 0.6) is 0 Å². The Morgan fingerprint density at radius 2 is 1.50 bits per heavy atom. The summed E-state index contributed by atoms with van der Waals surface area (Å²) in [6, 6.07) is 9.12. The van der Waals surface area contributed by atoms with E-state index in [9.17, 15) is 26.4 Å². The van der Waals surface area contributed by atoms with Crippen molar-refractivity contribution in [2.24, 2.45) is 0 Å². The van der Waals surface area contributed by atoms with Gasteiger partial charge in [0.15, 0.2) is 0 Å². The highest BCUT2D eigenvalue weighted by Crippen LogP contribution is 2.19. The van der Waals surface area contributed by atoms with E-state index in [1.54, 1.807) is 0 Å². The first-order valence-corrected chi connectivity index (χ1v) is 7.54. The standard InChI is InChI=1S/C14H10F3NO3S/c15-10-3-5-11(6-4-10)18-13(19)9-1-7-12(8-2-9)22(20,21)14(16)17/h1-8,14H,(H,18,19). The Kier molecular flexibility index (Phi) is 4.51. The van der Waals surface area contributed by atoms with Crippen LogP contribution in [0.1, 0.15) is 10.4 Å². The monoisotopic (exact) mass is 329 g/mol. The average Bonchev–Trinajstić information content (AvgIpc) is 2.49. The van der Waals surface area contributed by atoms with Crippen molar-refractivity contribution in [1.29, 1.82) is 0 Å². The van der Waals surface area contributed by atoms with Gasteiger partial charge in [-0.3, -0.25) is 4.79 Å². The fourth-order valence-corrected chi connectivity index (χ4v) is 2.36. The molecule has 116 valence electrons. The Bertz CT molecular complexity index is 772. The van der Waals surface area contributed by atoms with Gasteiger partial charge in [0.1, 0.15) is 5.82 Å². The number of rotatable bonds is 4. The van der Waals surface area contributed by atoms with Crippen molar-refractivity contribution in [3.8, 4) is 0 Å². The summed E-state index contributed by atoms with van der Waals surface area (Å²) in [6.45, 7) is 0. The van der Waals surface area contributed by atoms with Crippen LogP contribution in [0.25, 0.3) is 0 Å². The molecule has 0 heterocycles. The molecule has 4 nitrogen and oxygen atoms in total. The number of alkyl halides is 2. The van der Waals surface area contributed by atoms with Gasteiger partial charge in [0.2, 0.25) is 9.84 Å². The summed E-state index contributed by atoms with van der Waals surface area (Å²) in [6.07, 6.45) is 0. The van der Waals surface area contributed by atoms with Gasteiger partial charge >= 0.3 is 5.76 Å². The minimum absolute atomic E-state index is 0.0811. The molecule has 0 aromatic heterocycles. The second-order valence-electron chi connectivity index (χ2n) is 4.29. The molecule has 0 saturated heterocycles. The lowest BCUT2D eigenvalue weighted by atomic mass is 10.2. The van der Waals surface area contributed by atoms with Crippen molar-refractivity contribution in [2.45, 2.75) is 10.7 Å². The molecule has 1 amide bonds. The molecule has 0 saturated carbocycles. The van der Waals surface area contributed by atoms with Crippen LogP contribution in [0.3, 0.4) is 0 Å². The van der Waals surface area contributed by atoms with Gasteiger partial charge in [-0.15, -0.1) is 0 Å². The lowest BCUT2D eigenvalue weighted by molar-refractivity contribution is 0.102. The van der Waals surface area contributed by atoms with Crippen LogP contribution in [0.4, 0.5) is 18.9 Å². The quantitative estimate of drug-likeness (QED) is 0.937. The molecule has 2 aromatic carbocycles. The highest BCUT2D eigenvalue weighted by Gasteiger charge is 2.26. The van der Waals surface area contributed by atoms with Crippen molar-refractivity contribution in [1.82, 2.24) is 0 Å². The van der Waals surface area contributed by atoms with E-state index < -0.39 is 32.2 Å². The number of benzene rings is 2. The van der Waals surface area contributed by atoms with E-state index in [4.69, 9.17) is 0 Å². The third-order valence-corrected chi connectivity index (χ3v) is 4.18. The molecule has 0 spiro atoms. The smallest absolute Gasteiger partial charge is 0.322 e. The summed E-state index contributed by atoms with van der Waals surface area (Å²) in [5, 5.41) is 2.46. The van der Waals surface area contributed by atoms with E-state index in [2.05, 4.69) is 5.32 Å². The van der Waals surface area contributed by atoms with Crippen LogP contribution >= 0.6 is 0 Å². The number of sulfone groups is 1. The highest BCUT2D eigenvalue weighted by atomic mass is 32.2. The van der Waals surface area contributed by atoms with Gasteiger partial charge < -0.3 is 5.32 Å². The third-order valence-electron chi connectivity index (χ3n) is 2.78. The van der Waals surface area contributed by atoms with Crippen LogP contribution < -0.4 is 5.32 Å². The molecule has 0 radical (unpaired) electrons. The number of halogens is 3. The number of hydrogen-bond donors (Lipinski definition) is 1. The maximum atomic E-state index is 12.7. The topological polar surface area (TPSA) is 63.2 Å². The maximum absolute atomic E-state index is 12.7. The second kappa shape index (κ2) is 6.18. The number of carbonyl (C=O) groups is 1. The molecule has 0 bridgehead atoms. The molecule has 0 fully saturated rings. The Morgan fingerprint density at radius 1 is 0.955 bits per heavy atom. The molecule has 0 aliphatic rings. The molecule has 0 unspecified atom stereocenters. The lowest BCUT2D eigenvalue weighted by Crippen LogP contribution is -2.14. The highest BCUT2D eigenvalue weighted by molar-refractivity contribution is 7.91. The molecular weight excluding hydrogens is 319 g/mol. The van der Waals surface area contributed by atoms with Crippen LogP contribution in [0, 0.1) is 5.82 Å². The fraction of sp³-hybridized carbons (Fsp3) is 0.0714. The first-order chi connectivity index (χ1) is 10.3. The molecule has 2 aromatic rings. The van der Waals surface area contributed by atoms with Gasteiger partial charge in [-0.1, -0.05) is 0 Å². The van der Waals surface area contributed by atoms with Crippen molar-refractivity contribution in [3.05, 3.63) is 59.9 Å². The van der Waals surface area contributed by atoms with E-state index in [-0.39, 0.29) is 5.56 Å². The number of amides is 1. The van der Waals surface area contributed by atoms with Crippen LogP contribution in [-0.4, -0.2) is 20.1 Å². The second-order valence-corrected chi connectivity index (χ2v) is 6.21. The third kappa shape index (κ3) is 3.45. The molecule has 1 N–H and O–H groups in total. The SMILES string of the molecule is O=C(Nc1ccc(F)cc1)c1ccc(S(=O)(=O)C(F)F)cc1. The normalized spacial score (nSPS) is 11.5. The van der Waals surface area contributed by atoms with Crippen molar-refractivity contribution in [2.75, 3.05) is 5.32 Å². The summed E-state index contributed by atoms with van der Waals surface area (Å²) >= 11 is 0. The zero-order chi connectivity index (χ0) is 16.3.